The van der Waals surface area contributed by atoms with Gasteiger partial charge in [-0.05, 0) is 78.0 Å². The molecule has 0 N–H and O–H groups in total. The average Bonchev–Trinajstić information content (AvgIpc) is 2.75. The third-order valence-corrected chi connectivity index (χ3v) is 6.69. The van der Waals surface area contributed by atoms with Gasteiger partial charge in [-0.3, -0.25) is 4.79 Å². The monoisotopic (exact) mass is 412 g/mol. The zero-order valence-corrected chi connectivity index (χ0v) is 17.3. The number of alkyl halides is 2. The molecule has 0 aliphatic heterocycles. The second-order valence-corrected chi connectivity index (χ2v) is 8.68. The first kappa shape index (κ1) is 20.9. The number of rotatable bonds is 5. The molecule has 1 fully saturated rings. The third kappa shape index (κ3) is 3.97. The van der Waals surface area contributed by atoms with Crippen molar-refractivity contribution in [3.05, 3.63) is 65.0 Å². The van der Waals surface area contributed by atoms with E-state index >= 15 is 0 Å². The van der Waals surface area contributed by atoms with E-state index in [9.17, 15) is 18.0 Å². The lowest BCUT2D eigenvalue weighted by molar-refractivity contribution is -0.139. The molecule has 2 aromatic rings. The lowest BCUT2D eigenvalue weighted by Crippen LogP contribution is -2.29. The van der Waals surface area contributed by atoms with Crippen LogP contribution in [0.5, 0.6) is 0 Å². The highest BCUT2D eigenvalue weighted by Crippen LogP contribution is 2.41. The average molecular weight is 412 g/mol. The van der Waals surface area contributed by atoms with E-state index in [-0.39, 0.29) is 5.56 Å². The minimum atomic E-state index is -3.81. The second kappa shape index (κ2) is 8.41. The number of carbonyl (C=O) groups is 1. The van der Waals surface area contributed by atoms with Gasteiger partial charge in [0.2, 0.25) is 5.78 Å². The summed E-state index contributed by atoms with van der Waals surface area (Å²) in [7, 11) is 0. The quantitative estimate of drug-likeness (QED) is 0.493. The Labute approximate surface area is 176 Å². The number of benzene rings is 2. The van der Waals surface area contributed by atoms with E-state index in [0.717, 1.165) is 23.6 Å². The van der Waals surface area contributed by atoms with Crippen LogP contribution < -0.4 is 0 Å². The van der Waals surface area contributed by atoms with Crippen LogP contribution in [0.15, 0.2) is 42.5 Å². The van der Waals surface area contributed by atoms with Crippen LogP contribution in [0.4, 0.5) is 13.2 Å². The predicted octanol–water partition coefficient (Wildman–Crippen LogP) is 7.64. The summed E-state index contributed by atoms with van der Waals surface area (Å²) in [6.07, 6.45) is 11.0. The van der Waals surface area contributed by atoms with Crippen molar-refractivity contribution in [1.29, 1.82) is 0 Å². The standard InChI is InChI=1S/C26H27F3O/c1-2-3-4-17-5-7-18(8-6-17)19-9-11-20(12-10-19)22-15-21-13-14-24(30)26(28,29)25(21)23(27)16-22/h9-18H,2-8H2,1H3. The molecule has 0 atom stereocenters. The fourth-order valence-electron chi connectivity index (χ4n) is 4.88. The summed E-state index contributed by atoms with van der Waals surface area (Å²) in [4.78, 5) is 11.4. The van der Waals surface area contributed by atoms with Crippen molar-refractivity contribution in [2.45, 2.75) is 63.7 Å². The van der Waals surface area contributed by atoms with Crippen LogP contribution >= 0.6 is 0 Å². The van der Waals surface area contributed by atoms with Crippen molar-refractivity contribution in [3.8, 4) is 11.1 Å². The number of halogens is 3. The molecule has 0 unspecified atom stereocenters. The van der Waals surface area contributed by atoms with Gasteiger partial charge in [0.1, 0.15) is 5.82 Å². The molecule has 2 aliphatic carbocycles. The summed E-state index contributed by atoms with van der Waals surface area (Å²) >= 11 is 0. The van der Waals surface area contributed by atoms with Crippen molar-refractivity contribution in [2.24, 2.45) is 5.92 Å². The van der Waals surface area contributed by atoms with E-state index in [2.05, 4.69) is 19.1 Å². The van der Waals surface area contributed by atoms with Crippen molar-refractivity contribution >= 4 is 11.9 Å². The van der Waals surface area contributed by atoms with Gasteiger partial charge in [0.15, 0.2) is 0 Å². The summed E-state index contributed by atoms with van der Waals surface area (Å²) in [5, 5.41) is 0. The smallest absolute Gasteiger partial charge is 0.288 e. The maximum Gasteiger partial charge on any atom is 0.337 e. The van der Waals surface area contributed by atoms with E-state index < -0.39 is 23.1 Å². The van der Waals surface area contributed by atoms with Crippen LogP contribution in [0.3, 0.4) is 0 Å². The van der Waals surface area contributed by atoms with Crippen molar-refractivity contribution < 1.29 is 18.0 Å². The number of unbranched alkanes of at least 4 members (excludes halogenated alkanes) is 1. The molecular formula is C26H27F3O. The molecule has 0 amide bonds. The number of hydrogen-bond donors (Lipinski definition) is 0. The Morgan fingerprint density at radius 2 is 1.67 bits per heavy atom. The van der Waals surface area contributed by atoms with Crippen LogP contribution in [-0.4, -0.2) is 5.78 Å². The number of hydrogen-bond acceptors (Lipinski definition) is 1. The summed E-state index contributed by atoms with van der Waals surface area (Å²) in [5.74, 6) is -4.82. The molecule has 0 spiro atoms. The lowest BCUT2D eigenvalue weighted by Gasteiger charge is -2.29. The Kier molecular flexibility index (Phi) is 5.86. The molecule has 0 bridgehead atoms. The van der Waals surface area contributed by atoms with E-state index in [1.54, 1.807) is 0 Å². The van der Waals surface area contributed by atoms with Gasteiger partial charge < -0.3 is 0 Å². The van der Waals surface area contributed by atoms with Gasteiger partial charge in [0.05, 0.1) is 5.56 Å². The maximum atomic E-state index is 14.5. The minimum absolute atomic E-state index is 0.0593. The molecule has 30 heavy (non-hydrogen) atoms. The Balaban J connectivity index is 1.51. The molecule has 4 rings (SSSR count). The number of carbonyl (C=O) groups excluding carboxylic acids is 1. The second-order valence-electron chi connectivity index (χ2n) is 8.68. The minimum Gasteiger partial charge on any atom is -0.288 e. The summed E-state index contributed by atoms with van der Waals surface area (Å²) in [5.41, 5.74) is 1.85. The number of ketones is 1. The fourth-order valence-corrected chi connectivity index (χ4v) is 4.88. The molecule has 2 aliphatic rings. The van der Waals surface area contributed by atoms with Crippen LogP contribution in [0.25, 0.3) is 17.2 Å². The molecule has 1 nitrogen and oxygen atoms in total. The summed E-state index contributed by atoms with van der Waals surface area (Å²) in [6.45, 7) is 2.24. The molecule has 2 aromatic carbocycles. The molecule has 0 saturated heterocycles. The first-order valence-electron chi connectivity index (χ1n) is 10.9. The molecular weight excluding hydrogens is 385 g/mol. The van der Waals surface area contributed by atoms with Crippen molar-refractivity contribution in [3.63, 3.8) is 0 Å². The van der Waals surface area contributed by atoms with Crippen LogP contribution in [0.1, 0.15) is 74.5 Å². The molecule has 1 saturated carbocycles. The predicted molar refractivity (Wildman–Crippen MR) is 114 cm³/mol. The van der Waals surface area contributed by atoms with Crippen molar-refractivity contribution in [2.75, 3.05) is 0 Å². The third-order valence-electron chi connectivity index (χ3n) is 6.69. The van der Waals surface area contributed by atoms with E-state index in [0.29, 0.717) is 11.5 Å². The van der Waals surface area contributed by atoms with Crippen LogP contribution in [0, 0.1) is 11.7 Å². The molecule has 0 heterocycles. The molecule has 4 heteroatoms. The Hall–Kier alpha value is -2.36. The van der Waals surface area contributed by atoms with Gasteiger partial charge >= 0.3 is 5.92 Å². The first-order chi connectivity index (χ1) is 14.4. The summed E-state index contributed by atoms with van der Waals surface area (Å²) in [6, 6.07) is 10.7. The van der Waals surface area contributed by atoms with E-state index in [1.165, 1.54) is 62.7 Å². The highest BCUT2D eigenvalue weighted by Gasteiger charge is 2.45. The normalized spacial score (nSPS) is 22.7. The Morgan fingerprint density at radius 3 is 2.33 bits per heavy atom. The largest absolute Gasteiger partial charge is 0.337 e. The fraction of sp³-hybridized carbons (Fsp3) is 0.423. The van der Waals surface area contributed by atoms with E-state index in [1.807, 2.05) is 12.1 Å². The topological polar surface area (TPSA) is 17.1 Å². The Morgan fingerprint density at radius 1 is 0.967 bits per heavy atom. The van der Waals surface area contributed by atoms with Gasteiger partial charge in [0, 0.05) is 0 Å². The van der Waals surface area contributed by atoms with Crippen molar-refractivity contribution in [1.82, 2.24) is 0 Å². The van der Waals surface area contributed by atoms with Crippen LogP contribution in [-0.2, 0) is 10.7 Å². The summed E-state index contributed by atoms with van der Waals surface area (Å²) < 4.78 is 42.7. The molecule has 0 radical (unpaired) electrons. The highest BCUT2D eigenvalue weighted by atomic mass is 19.3. The van der Waals surface area contributed by atoms with Gasteiger partial charge in [-0.2, -0.15) is 8.78 Å². The van der Waals surface area contributed by atoms with Gasteiger partial charge in [0.25, 0.3) is 0 Å². The van der Waals surface area contributed by atoms with Crippen LogP contribution in [0.2, 0.25) is 0 Å². The van der Waals surface area contributed by atoms with Gasteiger partial charge in [-0.25, -0.2) is 4.39 Å². The first-order valence-corrected chi connectivity index (χ1v) is 10.9. The van der Waals surface area contributed by atoms with E-state index in [4.69, 9.17) is 0 Å². The zero-order valence-electron chi connectivity index (χ0n) is 17.3. The molecule has 158 valence electrons. The number of allylic oxidation sites excluding steroid dienone is 1. The molecule has 0 aromatic heterocycles. The lowest BCUT2D eigenvalue weighted by atomic mass is 9.77. The zero-order chi connectivity index (χ0) is 21.3. The van der Waals surface area contributed by atoms with Gasteiger partial charge in [-0.15, -0.1) is 0 Å². The highest BCUT2D eigenvalue weighted by molar-refractivity contribution is 6.03. The SMILES string of the molecule is CCCCC1CCC(c2ccc(-c3cc(F)c4c(c3)C=CC(=O)C4(F)F)cc2)CC1. The number of fused-ring (bicyclic) bond motifs is 1. The Bertz CT molecular complexity index is 951. The maximum absolute atomic E-state index is 14.5. The van der Waals surface area contributed by atoms with Gasteiger partial charge in [-0.1, -0.05) is 56.5 Å².